The lowest BCUT2D eigenvalue weighted by atomic mass is 10.0. The third-order valence-corrected chi connectivity index (χ3v) is 5.21. The van der Waals surface area contributed by atoms with E-state index < -0.39 is 17.7 Å². The molecule has 0 amide bonds. The van der Waals surface area contributed by atoms with E-state index in [-0.39, 0.29) is 0 Å². The molecule has 0 saturated heterocycles. The smallest absolute Gasteiger partial charge is 0.339 e. The largest absolute Gasteiger partial charge is 0.467 e. The highest BCUT2D eigenvalue weighted by molar-refractivity contribution is 9.10. The van der Waals surface area contributed by atoms with Gasteiger partial charge in [-0.05, 0) is 61.3 Å². The Kier molecular flexibility index (Phi) is 5.84. The topological polar surface area (TPSA) is 52.8 Å². The molecule has 0 bridgehead atoms. The van der Waals surface area contributed by atoms with Crippen molar-refractivity contribution in [3.05, 3.63) is 57.3 Å². The van der Waals surface area contributed by atoms with E-state index in [0.717, 1.165) is 16.8 Å². The van der Waals surface area contributed by atoms with Crippen LogP contribution in [-0.4, -0.2) is 28.1 Å². The number of methoxy groups -OCH3 is 1. The lowest BCUT2D eigenvalue weighted by Crippen LogP contribution is -2.29. The number of nitrogens with zero attached hydrogens (tertiary/aromatic N) is 2. The van der Waals surface area contributed by atoms with Crippen molar-refractivity contribution in [2.24, 2.45) is 0 Å². The van der Waals surface area contributed by atoms with Crippen LogP contribution in [0.4, 0.5) is 0 Å². The molecule has 1 aromatic carbocycles. The first kappa shape index (κ1) is 20.8. The van der Waals surface area contributed by atoms with Crippen LogP contribution in [0.5, 0.6) is 0 Å². The Morgan fingerprint density at radius 3 is 2.61 bits per heavy atom. The minimum absolute atomic E-state index is 0.454. The fourth-order valence-electron chi connectivity index (χ4n) is 3.02. The number of rotatable bonds is 4. The van der Waals surface area contributed by atoms with Crippen LogP contribution in [0.2, 0.25) is 5.02 Å². The average Bonchev–Trinajstić information content (AvgIpc) is 3.03. The van der Waals surface area contributed by atoms with E-state index in [4.69, 9.17) is 26.1 Å². The maximum Gasteiger partial charge on any atom is 0.339 e. The van der Waals surface area contributed by atoms with Crippen molar-refractivity contribution >= 4 is 39.1 Å². The number of aromatic nitrogens is 2. The Balaban J connectivity index is 2.17. The van der Waals surface area contributed by atoms with Gasteiger partial charge in [0.2, 0.25) is 0 Å². The summed E-state index contributed by atoms with van der Waals surface area (Å²) in [5, 5.41) is 0.648. The molecule has 28 heavy (non-hydrogen) atoms. The molecule has 148 valence electrons. The molecule has 0 saturated carbocycles. The summed E-state index contributed by atoms with van der Waals surface area (Å²) in [7, 11) is 1.36. The second kappa shape index (κ2) is 7.85. The van der Waals surface area contributed by atoms with Crippen LogP contribution in [0, 0.1) is 6.92 Å². The molecule has 3 aromatic rings. The summed E-state index contributed by atoms with van der Waals surface area (Å²) >= 11 is 9.76. The number of benzene rings is 1. The van der Waals surface area contributed by atoms with Crippen molar-refractivity contribution in [1.82, 2.24) is 9.38 Å². The molecule has 0 aliphatic rings. The minimum Gasteiger partial charge on any atom is -0.467 e. The van der Waals surface area contributed by atoms with Crippen LogP contribution in [0.1, 0.15) is 38.0 Å². The fourth-order valence-corrected chi connectivity index (χ4v) is 4.02. The second-order valence-corrected chi connectivity index (χ2v) is 8.77. The summed E-state index contributed by atoms with van der Waals surface area (Å²) in [5.41, 5.74) is 3.44. The average molecular weight is 466 g/mol. The molecule has 1 atom stereocenters. The van der Waals surface area contributed by atoms with Gasteiger partial charge in [0, 0.05) is 28.5 Å². The van der Waals surface area contributed by atoms with Crippen LogP contribution in [0.25, 0.3) is 16.9 Å². The Labute approximate surface area is 177 Å². The van der Waals surface area contributed by atoms with Crippen molar-refractivity contribution < 1.29 is 14.3 Å². The van der Waals surface area contributed by atoms with Crippen LogP contribution in [0.15, 0.2) is 41.1 Å². The number of aryl methyl sites for hydroxylation is 1. The molecule has 0 aliphatic heterocycles. The van der Waals surface area contributed by atoms with Gasteiger partial charge in [-0.15, -0.1) is 0 Å². The van der Waals surface area contributed by atoms with E-state index in [1.165, 1.54) is 7.11 Å². The first-order valence-corrected chi connectivity index (χ1v) is 9.97. The summed E-state index contributed by atoms with van der Waals surface area (Å²) in [4.78, 5) is 17.2. The van der Waals surface area contributed by atoms with E-state index in [1.807, 2.05) is 68.8 Å². The zero-order valence-corrected chi connectivity index (χ0v) is 18.8. The van der Waals surface area contributed by atoms with Gasteiger partial charge in [-0.25, -0.2) is 9.78 Å². The number of carbonyl (C=O) groups excluding carboxylic acids is 1. The highest BCUT2D eigenvalue weighted by atomic mass is 79.9. The molecule has 0 fully saturated rings. The van der Waals surface area contributed by atoms with E-state index in [9.17, 15) is 4.79 Å². The molecule has 3 rings (SSSR count). The minimum atomic E-state index is -0.865. The van der Waals surface area contributed by atoms with E-state index in [0.29, 0.717) is 20.7 Å². The monoisotopic (exact) mass is 464 g/mol. The molecule has 2 aromatic heterocycles. The van der Waals surface area contributed by atoms with Gasteiger partial charge in [-0.3, -0.25) is 0 Å². The Morgan fingerprint density at radius 1 is 1.29 bits per heavy atom. The quantitative estimate of drug-likeness (QED) is 0.460. The first-order chi connectivity index (χ1) is 13.1. The summed E-state index contributed by atoms with van der Waals surface area (Å²) in [5.74, 6) is -0.454. The predicted octanol–water partition coefficient (Wildman–Crippen LogP) is 5.75. The van der Waals surface area contributed by atoms with E-state index in [2.05, 4.69) is 15.9 Å². The normalized spacial score (nSPS) is 13.0. The molecule has 0 N–H and O–H groups in total. The molecular weight excluding hydrogens is 444 g/mol. The number of carbonyl (C=O) groups is 1. The van der Waals surface area contributed by atoms with Crippen LogP contribution in [0.3, 0.4) is 0 Å². The standard InChI is InChI=1S/C21H22BrClN2O3/c1-12-10-25-11-15(13-7-6-8-14(23)9-13)24-19(25)17(22)16(12)18(20(26)27-5)28-21(2,3)4/h6-11,18H,1-5H3/t18-/m0/s1. The van der Waals surface area contributed by atoms with Crippen molar-refractivity contribution in [2.45, 2.75) is 39.4 Å². The molecule has 0 aliphatic carbocycles. The Morgan fingerprint density at radius 2 is 2.00 bits per heavy atom. The molecule has 7 heteroatoms. The molecule has 0 unspecified atom stereocenters. The van der Waals surface area contributed by atoms with Gasteiger partial charge in [-0.1, -0.05) is 23.7 Å². The highest BCUT2D eigenvalue weighted by Crippen LogP contribution is 2.36. The number of pyridine rings is 1. The maximum absolute atomic E-state index is 12.5. The highest BCUT2D eigenvalue weighted by Gasteiger charge is 2.32. The number of fused-ring (bicyclic) bond motifs is 1. The number of halogens is 2. The van der Waals surface area contributed by atoms with Crippen LogP contribution < -0.4 is 0 Å². The van der Waals surface area contributed by atoms with Gasteiger partial charge in [-0.2, -0.15) is 0 Å². The number of esters is 1. The van der Waals surface area contributed by atoms with Gasteiger partial charge in [0.1, 0.15) is 0 Å². The second-order valence-electron chi connectivity index (χ2n) is 7.54. The maximum atomic E-state index is 12.5. The lowest BCUT2D eigenvalue weighted by Gasteiger charge is -2.27. The van der Waals surface area contributed by atoms with Gasteiger partial charge < -0.3 is 13.9 Å². The van der Waals surface area contributed by atoms with Gasteiger partial charge in [0.15, 0.2) is 11.8 Å². The van der Waals surface area contributed by atoms with E-state index >= 15 is 0 Å². The molecule has 0 spiro atoms. The SMILES string of the molecule is COC(=O)[C@@H](OC(C)(C)C)c1c(C)cn2cc(-c3cccc(Cl)c3)nc2c1Br. The summed E-state index contributed by atoms with van der Waals surface area (Å²) in [6.45, 7) is 7.63. The van der Waals surface area contributed by atoms with Gasteiger partial charge in [0.25, 0.3) is 0 Å². The number of hydrogen-bond acceptors (Lipinski definition) is 4. The van der Waals surface area contributed by atoms with Crippen molar-refractivity contribution in [1.29, 1.82) is 0 Å². The van der Waals surface area contributed by atoms with Crippen molar-refractivity contribution in [2.75, 3.05) is 7.11 Å². The lowest BCUT2D eigenvalue weighted by molar-refractivity contribution is -0.164. The molecule has 2 heterocycles. The zero-order valence-electron chi connectivity index (χ0n) is 16.4. The summed E-state index contributed by atoms with van der Waals surface area (Å²) < 4.78 is 13.6. The number of imidazole rings is 1. The van der Waals surface area contributed by atoms with E-state index in [1.54, 1.807) is 0 Å². The number of hydrogen-bond donors (Lipinski definition) is 0. The zero-order chi connectivity index (χ0) is 20.6. The Bertz CT molecular complexity index is 1040. The van der Waals surface area contributed by atoms with Gasteiger partial charge in [0.05, 0.1) is 22.9 Å². The first-order valence-electron chi connectivity index (χ1n) is 8.80. The van der Waals surface area contributed by atoms with Crippen LogP contribution >= 0.6 is 27.5 Å². The summed E-state index contributed by atoms with van der Waals surface area (Å²) in [6.07, 6.45) is 2.99. The van der Waals surface area contributed by atoms with Gasteiger partial charge >= 0.3 is 5.97 Å². The third kappa shape index (κ3) is 4.24. The molecule has 0 radical (unpaired) electrons. The van der Waals surface area contributed by atoms with Crippen LogP contribution in [-0.2, 0) is 14.3 Å². The van der Waals surface area contributed by atoms with Crippen molar-refractivity contribution in [3.8, 4) is 11.3 Å². The molecule has 5 nitrogen and oxygen atoms in total. The molecular formula is C21H22BrClN2O3. The number of ether oxygens (including phenoxy) is 2. The third-order valence-electron chi connectivity index (χ3n) is 4.19. The summed E-state index contributed by atoms with van der Waals surface area (Å²) in [6, 6.07) is 7.53. The fraction of sp³-hybridized carbons (Fsp3) is 0.333. The predicted molar refractivity (Wildman–Crippen MR) is 114 cm³/mol. The van der Waals surface area contributed by atoms with Crippen molar-refractivity contribution in [3.63, 3.8) is 0 Å². The Hall–Kier alpha value is -1.89.